The highest BCUT2D eigenvalue weighted by Crippen LogP contribution is 2.28. The number of nitrogens with one attached hydrogen (secondary N) is 1. The van der Waals surface area contributed by atoms with Crippen LogP contribution in [0, 0.1) is 6.92 Å². The highest BCUT2D eigenvalue weighted by molar-refractivity contribution is 6.03. The van der Waals surface area contributed by atoms with Gasteiger partial charge in [0.2, 0.25) is 5.88 Å². The summed E-state index contributed by atoms with van der Waals surface area (Å²) in [6, 6.07) is 3.51. The van der Waals surface area contributed by atoms with Gasteiger partial charge in [-0.3, -0.25) is 4.79 Å². The zero-order valence-electron chi connectivity index (χ0n) is 11.7. The molecule has 112 valence electrons. The molecule has 0 radical (unpaired) electrons. The van der Waals surface area contributed by atoms with Crippen molar-refractivity contribution >= 4 is 11.8 Å². The molecule has 0 spiro atoms. The summed E-state index contributed by atoms with van der Waals surface area (Å²) in [5, 5.41) is 6.61. The van der Waals surface area contributed by atoms with Crippen LogP contribution in [0.2, 0.25) is 0 Å². The van der Waals surface area contributed by atoms with E-state index < -0.39 is 0 Å². The Morgan fingerprint density at radius 3 is 3.05 bits per heavy atom. The second-order valence-electron chi connectivity index (χ2n) is 5.03. The van der Waals surface area contributed by atoms with Crippen molar-refractivity contribution in [2.45, 2.75) is 25.9 Å². The average Bonchev–Trinajstić information content (AvgIpc) is 3.17. The number of hydrogen-bond donors (Lipinski definition) is 2. The van der Waals surface area contributed by atoms with Crippen LogP contribution in [-0.2, 0) is 4.74 Å². The highest BCUT2D eigenvalue weighted by Gasteiger charge is 2.25. The first-order valence-electron chi connectivity index (χ1n) is 6.87. The number of aryl methyl sites for hydroxylation is 1. The van der Waals surface area contributed by atoms with Crippen molar-refractivity contribution in [1.82, 2.24) is 10.5 Å². The summed E-state index contributed by atoms with van der Waals surface area (Å²) in [5.41, 5.74) is 6.21. The number of anilines is 1. The fourth-order valence-electron chi connectivity index (χ4n) is 2.35. The Hall–Kier alpha value is -2.28. The Morgan fingerprint density at radius 2 is 2.38 bits per heavy atom. The molecule has 1 fully saturated rings. The van der Waals surface area contributed by atoms with E-state index in [1.165, 1.54) is 0 Å². The Bertz CT molecular complexity index is 640. The molecule has 2 aromatic heterocycles. The van der Waals surface area contributed by atoms with Crippen LogP contribution in [0.25, 0.3) is 11.5 Å². The van der Waals surface area contributed by atoms with Crippen molar-refractivity contribution in [3.63, 3.8) is 0 Å². The van der Waals surface area contributed by atoms with Crippen molar-refractivity contribution in [3.8, 4) is 11.5 Å². The number of ether oxygens (including phenoxy) is 1. The maximum absolute atomic E-state index is 12.3. The van der Waals surface area contributed by atoms with E-state index in [1.54, 1.807) is 12.1 Å². The third-order valence-corrected chi connectivity index (χ3v) is 3.43. The van der Waals surface area contributed by atoms with Crippen molar-refractivity contribution in [2.24, 2.45) is 0 Å². The van der Waals surface area contributed by atoms with Crippen molar-refractivity contribution in [1.29, 1.82) is 0 Å². The van der Waals surface area contributed by atoms with Gasteiger partial charge in [0, 0.05) is 13.2 Å². The number of nitrogens with zero attached hydrogens (tertiary/aromatic N) is 1. The predicted octanol–water partition coefficient (Wildman–Crippen LogP) is 1.73. The smallest absolute Gasteiger partial charge is 0.259 e. The highest BCUT2D eigenvalue weighted by atomic mass is 16.5. The van der Waals surface area contributed by atoms with Gasteiger partial charge in [-0.25, -0.2) is 0 Å². The molecule has 0 saturated carbocycles. The third kappa shape index (κ3) is 2.78. The molecule has 7 nitrogen and oxygen atoms in total. The summed E-state index contributed by atoms with van der Waals surface area (Å²) in [6.45, 7) is 3.00. The first-order valence-corrected chi connectivity index (χ1v) is 6.87. The van der Waals surface area contributed by atoms with Crippen LogP contribution in [0.3, 0.4) is 0 Å². The lowest BCUT2D eigenvalue weighted by molar-refractivity contribution is 0.0858. The molecule has 1 unspecified atom stereocenters. The minimum Gasteiger partial charge on any atom is -0.460 e. The van der Waals surface area contributed by atoms with Crippen LogP contribution >= 0.6 is 0 Å². The molecular weight excluding hydrogens is 274 g/mol. The second kappa shape index (κ2) is 5.61. The molecule has 3 N–H and O–H groups in total. The van der Waals surface area contributed by atoms with Crippen LogP contribution in [-0.4, -0.2) is 30.3 Å². The molecule has 3 heterocycles. The number of carbonyl (C=O) groups excluding carboxylic acids is 1. The predicted molar refractivity (Wildman–Crippen MR) is 74.7 cm³/mol. The average molecular weight is 291 g/mol. The molecular formula is C14H17N3O4. The largest absolute Gasteiger partial charge is 0.460 e. The number of nitrogen functional groups attached to an aromatic ring is 1. The monoisotopic (exact) mass is 291 g/mol. The van der Waals surface area contributed by atoms with Gasteiger partial charge >= 0.3 is 0 Å². The standard InChI is InChI=1S/C14H17N3O4/c1-8-4-5-10(20-8)12-11(13(15)21-17-12)14(18)16-7-9-3-2-6-19-9/h4-5,9H,2-3,6-7,15H2,1H3,(H,16,18). The quantitative estimate of drug-likeness (QED) is 0.889. The summed E-state index contributed by atoms with van der Waals surface area (Å²) >= 11 is 0. The van der Waals surface area contributed by atoms with Crippen molar-refractivity contribution in [3.05, 3.63) is 23.5 Å². The summed E-state index contributed by atoms with van der Waals surface area (Å²) in [4.78, 5) is 12.3. The minimum absolute atomic E-state index is 0.0242. The first-order chi connectivity index (χ1) is 10.1. The number of furan rings is 1. The van der Waals surface area contributed by atoms with Crippen LogP contribution in [0.1, 0.15) is 29.0 Å². The lowest BCUT2D eigenvalue weighted by atomic mass is 10.1. The topological polar surface area (TPSA) is 104 Å². The van der Waals surface area contributed by atoms with Crippen LogP contribution < -0.4 is 11.1 Å². The fourth-order valence-corrected chi connectivity index (χ4v) is 2.35. The molecule has 0 bridgehead atoms. The zero-order chi connectivity index (χ0) is 14.8. The Balaban J connectivity index is 1.77. The molecule has 21 heavy (non-hydrogen) atoms. The second-order valence-corrected chi connectivity index (χ2v) is 5.03. The molecule has 3 rings (SSSR count). The molecule has 1 atom stereocenters. The van der Waals surface area contributed by atoms with E-state index in [4.69, 9.17) is 19.4 Å². The van der Waals surface area contributed by atoms with Crippen molar-refractivity contribution < 1.29 is 18.5 Å². The number of carbonyl (C=O) groups is 1. The first kappa shape index (κ1) is 13.7. The number of aromatic nitrogens is 1. The normalized spacial score (nSPS) is 18.0. The minimum atomic E-state index is -0.340. The van der Waals surface area contributed by atoms with E-state index >= 15 is 0 Å². The summed E-state index contributed by atoms with van der Waals surface area (Å²) < 4.78 is 15.9. The van der Waals surface area contributed by atoms with Gasteiger partial charge in [0.05, 0.1) is 6.10 Å². The van der Waals surface area contributed by atoms with E-state index in [9.17, 15) is 4.79 Å². The van der Waals surface area contributed by atoms with Gasteiger partial charge in [0.1, 0.15) is 11.3 Å². The molecule has 7 heteroatoms. The van der Waals surface area contributed by atoms with E-state index in [-0.39, 0.29) is 23.5 Å². The SMILES string of the molecule is Cc1ccc(-c2noc(N)c2C(=O)NCC2CCCO2)o1. The van der Waals surface area contributed by atoms with E-state index in [0.717, 1.165) is 25.2 Å². The lowest BCUT2D eigenvalue weighted by Gasteiger charge is -2.10. The lowest BCUT2D eigenvalue weighted by Crippen LogP contribution is -2.32. The van der Waals surface area contributed by atoms with E-state index in [0.29, 0.717) is 18.0 Å². The van der Waals surface area contributed by atoms with Gasteiger partial charge < -0.3 is 24.7 Å². The van der Waals surface area contributed by atoms with Crippen LogP contribution in [0.4, 0.5) is 5.88 Å². The Morgan fingerprint density at radius 1 is 1.52 bits per heavy atom. The summed E-state index contributed by atoms with van der Waals surface area (Å²) in [6.07, 6.45) is 2.03. The van der Waals surface area contributed by atoms with Gasteiger partial charge in [0.25, 0.3) is 5.91 Å². The number of amides is 1. The molecule has 1 amide bonds. The third-order valence-electron chi connectivity index (χ3n) is 3.43. The van der Waals surface area contributed by atoms with Crippen LogP contribution in [0.15, 0.2) is 21.1 Å². The van der Waals surface area contributed by atoms with E-state index in [2.05, 4.69) is 10.5 Å². The van der Waals surface area contributed by atoms with E-state index in [1.807, 2.05) is 6.92 Å². The molecule has 1 saturated heterocycles. The maximum Gasteiger partial charge on any atom is 0.259 e. The molecule has 1 aliphatic heterocycles. The van der Waals surface area contributed by atoms with Gasteiger partial charge in [-0.2, -0.15) is 0 Å². The molecule has 0 aromatic carbocycles. The summed E-state index contributed by atoms with van der Waals surface area (Å²) in [5.74, 6) is 0.810. The zero-order valence-corrected chi connectivity index (χ0v) is 11.7. The van der Waals surface area contributed by atoms with Gasteiger partial charge in [0.15, 0.2) is 11.5 Å². The molecule has 2 aromatic rings. The number of hydrogen-bond acceptors (Lipinski definition) is 6. The Labute approximate surface area is 121 Å². The Kier molecular flexibility index (Phi) is 3.66. The van der Waals surface area contributed by atoms with Crippen molar-refractivity contribution in [2.75, 3.05) is 18.9 Å². The van der Waals surface area contributed by atoms with Gasteiger partial charge in [-0.05, 0) is 31.9 Å². The summed E-state index contributed by atoms with van der Waals surface area (Å²) in [7, 11) is 0. The van der Waals surface area contributed by atoms with Gasteiger partial charge in [-0.1, -0.05) is 5.16 Å². The molecule has 0 aliphatic carbocycles. The number of nitrogens with two attached hydrogens (primary N) is 1. The van der Waals surface area contributed by atoms with Crippen LogP contribution in [0.5, 0.6) is 0 Å². The fraction of sp³-hybridized carbons (Fsp3) is 0.429. The molecule has 1 aliphatic rings. The maximum atomic E-state index is 12.3. The van der Waals surface area contributed by atoms with Gasteiger partial charge in [-0.15, -0.1) is 0 Å². The number of rotatable bonds is 4.